The lowest BCUT2D eigenvalue weighted by atomic mass is 9.58. The number of hydrogen-bond donors (Lipinski definition) is 1. The van der Waals surface area contributed by atoms with E-state index in [-0.39, 0.29) is 5.54 Å². The standard InChI is InChI=1S/C11H19NO2/c1-8-4-9-6-11(5-8,10(2,3)14)12(9)7-13/h7-9,14H,4-6H2,1-3H3/t8-,9-,11?/m1/s1. The van der Waals surface area contributed by atoms with Crippen LogP contribution in [0.3, 0.4) is 0 Å². The molecule has 3 aliphatic rings. The average Bonchev–Trinajstić information content (AvgIpc) is 2.01. The fourth-order valence-corrected chi connectivity index (χ4v) is 3.34. The zero-order valence-corrected chi connectivity index (χ0v) is 9.16. The largest absolute Gasteiger partial charge is 0.388 e. The number of amides is 1. The van der Waals surface area contributed by atoms with Crippen LogP contribution in [0.5, 0.6) is 0 Å². The third-order valence-electron chi connectivity index (χ3n) is 4.07. The predicted molar refractivity (Wildman–Crippen MR) is 53.7 cm³/mol. The quantitative estimate of drug-likeness (QED) is 0.675. The molecule has 1 N–H and O–H groups in total. The van der Waals surface area contributed by atoms with Crippen molar-refractivity contribution in [3.8, 4) is 0 Å². The van der Waals surface area contributed by atoms with Crippen LogP contribution in [0.15, 0.2) is 0 Å². The van der Waals surface area contributed by atoms with Crippen molar-refractivity contribution in [1.82, 2.24) is 4.90 Å². The summed E-state index contributed by atoms with van der Waals surface area (Å²) in [4.78, 5) is 12.8. The minimum absolute atomic E-state index is 0.281. The van der Waals surface area contributed by atoms with E-state index in [0.29, 0.717) is 12.0 Å². The summed E-state index contributed by atoms with van der Waals surface area (Å²) in [7, 11) is 0. The molecule has 14 heavy (non-hydrogen) atoms. The van der Waals surface area contributed by atoms with Gasteiger partial charge in [-0.2, -0.15) is 0 Å². The van der Waals surface area contributed by atoms with Crippen molar-refractivity contribution >= 4 is 6.41 Å². The lowest BCUT2D eigenvalue weighted by molar-refractivity contribution is -0.209. The summed E-state index contributed by atoms with van der Waals surface area (Å²) in [6.07, 6.45) is 3.92. The Hall–Kier alpha value is -0.570. The van der Waals surface area contributed by atoms with E-state index in [4.69, 9.17) is 0 Å². The molecular weight excluding hydrogens is 178 g/mol. The fraction of sp³-hybridized carbons (Fsp3) is 0.909. The fourth-order valence-electron chi connectivity index (χ4n) is 3.34. The zero-order valence-electron chi connectivity index (χ0n) is 9.16. The molecule has 0 aromatic carbocycles. The summed E-state index contributed by atoms with van der Waals surface area (Å²) in [5, 5.41) is 10.2. The summed E-state index contributed by atoms with van der Waals surface area (Å²) in [5.74, 6) is 0.622. The highest BCUT2D eigenvalue weighted by atomic mass is 16.3. The number of rotatable bonds is 2. The third-order valence-corrected chi connectivity index (χ3v) is 4.07. The molecule has 2 bridgehead atoms. The molecule has 1 unspecified atom stereocenters. The molecule has 80 valence electrons. The SMILES string of the molecule is C[C@@H]1C[C@@H]2CC(C(C)(C)O)(C1)N2C=O. The van der Waals surface area contributed by atoms with E-state index in [0.717, 1.165) is 25.7 Å². The van der Waals surface area contributed by atoms with Crippen LogP contribution in [0.4, 0.5) is 0 Å². The summed E-state index contributed by atoms with van der Waals surface area (Å²) >= 11 is 0. The van der Waals surface area contributed by atoms with E-state index < -0.39 is 5.60 Å². The first-order valence-electron chi connectivity index (χ1n) is 5.37. The van der Waals surface area contributed by atoms with Gasteiger partial charge in [-0.05, 0) is 39.0 Å². The highest BCUT2D eigenvalue weighted by Gasteiger charge is 2.62. The van der Waals surface area contributed by atoms with Crippen molar-refractivity contribution in [2.75, 3.05) is 0 Å². The number of piperidine rings is 1. The van der Waals surface area contributed by atoms with Gasteiger partial charge in [-0.1, -0.05) is 6.92 Å². The van der Waals surface area contributed by atoms with Crippen LogP contribution in [-0.2, 0) is 4.79 Å². The van der Waals surface area contributed by atoms with Crippen molar-refractivity contribution in [2.24, 2.45) is 5.92 Å². The van der Waals surface area contributed by atoms with E-state index in [9.17, 15) is 9.90 Å². The van der Waals surface area contributed by atoms with Gasteiger partial charge in [0.15, 0.2) is 0 Å². The maximum absolute atomic E-state index is 11.0. The first kappa shape index (κ1) is 9.97. The molecule has 1 amide bonds. The van der Waals surface area contributed by atoms with Gasteiger partial charge >= 0.3 is 0 Å². The van der Waals surface area contributed by atoms with Crippen LogP contribution >= 0.6 is 0 Å². The molecule has 2 saturated heterocycles. The minimum Gasteiger partial charge on any atom is -0.388 e. The van der Waals surface area contributed by atoms with E-state index >= 15 is 0 Å². The van der Waals surface area contributed by atoms with Gasteiger partial charge in [0.1, 0.15) is 0 Å². The molecule has 2 aliphatic heterocycles. The molecule has 0 radical (unpaired) electrons. The van der Waals surface area contributed by atoms with Crippen molar-refractivity contribution in [3.63, 3.8) is 0 Å². The normalized spacial score (nSPS) is 41.9. The maximum Gasteiger partial charge on any atom is 0.210 e. The summed E-state index contributed by atoms with van der Waals surface area (Å²) < 4.78 is 0. The highest BCUT2D eigenvalue weighted by Crippen LogP contribution is 2.53. The summed E-state index contributed by atoms with van der Waals surface area (Å²) in [6, 6.07) is 0.377. The summed E-state index contributed by atoms with van der Waals surface area (Å²) in [5.41, 5.74) is -1.06. The van der Waals surface area contributed by atoms with Gasteiger partial charge < -0.3 is 10.0 Å². The zero-order chi connectivity index (χ0) is 10.6. The Balaban J connectivity index is 2.28. The molecular formula is C11H19NO2. The Labute approximate surface area is 85.1 Å². The second-order valence-corrected chi connectivity index (χ2v) is 5.51. The molecule has 0 aromatic rings. The van der Waals surface area contributed by atoms with E-state index in [1.54, 1.807) is 0 Å². The van der Waals surface area contributed by atoms with Gasteiger partial charge in [0.2, 0.25) is 6.41 Å². The lowest BCUT2D eigenvalue weighted by Crippen LogP contribution is -2.77. The second kappa shape index (κ2) is 2.72. The molecule has 0 aromatic heterocycles. The molecule has 3 fully saturated rings. The number of hydrogen-bond acceptors (Lipinski definition) is 2. The van der Waals surface area contributed by atoms with Crippen LogP contribution < -0.4 is 0 Å². The molecule has 3 rings (SSSR count). The van der Waals surface area contributed by atoms with Gasteiger partial charge in [0.05, 0.1) is 11.1 Å². The Bertz CT molecular complexity index is 259. The van der Waals surface area contributed by atoms with Crippen molar-refractivity contribution in [3.05, 3.63) is 0 Å². The highest BCUT2D eigenvalue weighted by molar-refractivity contribution is 5.54. The Morgan fingerprint density at radius 2 is 2.14 bits per heavy atom. The van der Waals surface area contributed by atoms with Gasteiger partial charge in [-0.15, -0.1) is 0 Å². The Morgan fingerprint density at radius 1 is 1.50 bits per heavy atom. The molecule has 3 nitrogen and oxygen atoms in total. The van der Waals surface area contributed by atoms with Crippen molar-refractivity contribution in [1.29, 1.82) is 0 Å². The lowest BCUT2D eigenvalue weighted by Gasteiger charge is -2.66. The van der Waals surface area contributed by atoms with E-state index in [1.807, 2.05) is 18.7 Å². The Kier molecular flexibility index (Phi) is 1.94. The van der Waals surface area contributed by atoms with E-state index in [2.05, 4.69) is 6.92 Å². The van der Waals surface area contributed by atoms with Gasteiger partial charge in [0.25, 0.3) is 0 Å². The number of carbonyl (C=O) groups is 1. The Morgan fingerprint density at radius 3 is 2.64 bits per heavy atom. The van der Waals surface area contributed by atoms with Crippen LogP contribution in [0.25, 0.3) is 0 Å². The van der Waals surface area contributed by atoms with Gasteiger partial charge in [-0.3, -0.25) is 4.79 Å². The number of carbonyl (C=O) groups excluding carboxylic acids is 1. The molecule has 2 heterocycles. The van der Waals surface area contributed by atoms with Crippen LogP contribution in [0, 0.1) is 5.92 Å². The first-order valence-corrected chi connectivity index (χ1v) is 5.37. The smallest absolute Gasteiger partial charge is 0.210 e. The molecule has 3 atom stereocenters. The predicted octanol–water partition coefficient (Wildman–Crippen LogP) is 1.16. The number of aliphatic hydroxyl groups is 1. The molecule has 0 spiro atoms. The van der Waals surface area contributed by atoms with Crippen LogP contribution in [0.2, 0.25) is 0 Å². The average molecular weight is 197 g/mol. The first-order chi connectivity index (χ1) is 6.40. The molecule has 3 heteroatoms. The van der Waals surface area contributed by atoms with Crippen molar-refractivity contribution in [2.45, 2.75) is 57.2 Å². The third kappa shape index (κ3) is 1.05. The van der Waals surface area contributed by atoms with Crippen LogP contribution in [0.1, 0.15) is 40.0 Å². The second-order valence-electron chi connectivity index (χ2n) is 5.51. The van der Waals surface area contributed by atoms with Crippen molar-refractivity contribution < 1.29 is 9.90 Å². The van der Waals surface area contributed by atoms with E-state index in [1.165, 1.54) is 0 Å². The topological polar surface area (TPSA) is 40.5 Å². The van der Waals surface area contributed by atoms with Crippen LogP contribution in [-0.4, -0.2) is 33.6 Å². The monoisotopic (exact) mass is 197 g/mol. The number of fused-ring (bicyclic) bond motifs is 2. The van der Waals surface area contributed by atoms with Gasteiger partial charge in [0, 0.05) is 6.04 Å². The molecule has 1 aliphatic carbocycles. The molecule has 1 saturated carbocycles. The minimum atomic E-state index is -0.779. The number of nitrogens with zero attached hydrogens (tertiary/aromatic N) is 1. The van der Waals surface area contributed by atoms with Gasteiger partial charge in [-0.25, -0.2) is 0 Å². The maximum atomic E-state index is 11.0. The summed E-state index contributed by atoms with van der Waals surface area (Å²) in [6.45, 7) is 5.84.